The van der Waals surface area contributed by atoms with E-state index in [2.05, 4.69) is 15.5 Å². The number of ether oxygens (including phenoxy) is 1. The number of anilines is 1. The number of nitrogens with zero attached hydrogens (tertiary/aromatic N) is 2. The number of thioether (sulfide) groups is 1. The van der Waals surface area contributed by atoms with Gasteiger partial charge in [0.2, 0.25) is 5.13 Å². The first-order chi connectivity index (χ1) is 11.6. The van der Waals surface area contributed by atoms with Crippen molar-refractivity contribution in [3.63, 3.8) is 0 Å². The van der Waals surface area contributed by atoms with Crippen molar-refractivity contribution in [1.29, 1.82) is 0 Å². The number of rotatable bonds is 10. The molecular formula is C16H20ClN3O2S2. The maximum atomic E-state index is 12.4. The Labute approximate surface area is 155 Å². The molecule has 1 heterocycles. The lowest BCUT2D eigenvalue weighted by Gasteiger charge is -2.07. The normalized spacial score (nSPS) is 12.1. The average Bonchev–Trinajstić information content (AvgIpc) is 3.02. The smallest absolute Gasteiger partial charge is 0.206 e. The van der Waals surface area contributed by atoms with Gasteiger partial charge in [-0.15, -0.1) is 10.2 Å². The highest BCUT2D eigenvalue weighted by Gasteiger charge is 2.18. The van der Waals surface area contributed by atoms with Crippen molar-refractivity contribution in [3.05, 3.63) is 34.9 Å². The van der Waals surface area contributed by atoms with Crippen molar-refractivity contribution < 1.29 is 9.53 Å². The summed E-state index contributed by atoms with van der Waals surface area (Å²) in [6.07, 6.45) is 0.918. The molecule has 2 rings (SSSR count). The molecule has 0 aliphatic carbocycles. The van der Waals surface area contributed by atoms with Gasteiger partial charge in [0, 0.05) is 30.3 Å². The van der Waals surface area contributed by atoms with Crippen LogP contribution in [0, 0.1) is 0 Å². The Morgan fingerprint density at radius 1 is 1.38 bits per heavy atom. The Hall–Kier alpha value is -1.15. The third kappa shape index (κ3) is 6.05. The number of carbonyl (C=O) groups excluding carboxylic acids is 1. The standard InChI is InChI=1S/C16H20ClN3O2S2/c1-3-22-10-4-9-18-15-19-20-16(24-15)23-11(2)14(21)12-5-7-13(17)8-6-12/h5-8,11H,3-4,9-10H2,1-2H3,(H,18,19). The minimum Gasteiger partial charge on any atom is -0.382 e. The van der Waals surface area contributed by atoms with E-state index in [0.29, 0.717) is 10.6 Å². The summed E-state index contributed by atoms with van der Waals surface area (Å²) in [5.41, 5.74) is 0.651. The van der Waals surface area contributed by atoms with Crippen molar-refractivity contribution in [2.24, 2.45) is 0 Å². The third-order valence-electron chi connectivity index (χ3n) is 3.13. The van der Waals surface area contributed by atoms with E-state index in [1.54, 1.807) is 24.3 Å². The quantitative estimate of drug-likeness (QED) is 0.371. The molecule has 0 fully saturated rings. The van der Waals surface area contributed by atoms with Gasteiger partial charge < -0.3 is 10.1 Å². The summed E-state index contributed by atoms with van der Waals surface area (Å²) in [4.78, 5) is 12.4. The van der Waals surface area contributed by atoms with Gasteiger partial charge in [0.05, 0.1) is 5.25 Å². The zero-order chi connectivity index (χ0) is 17.4. The second kappa shape index (κ2) is 9.98. The SMILES string of the molecule is CCOCCCNc1nnc(SC(C)C(=O)c2ccc(Cl)cc2)s1. The second-order valence-corrected chi connectivity index (χ2v) is 7.98. The van der Waals surface area contributed by atoms with Gasteiger partial charge in [0.1, 0.15) is 0 Å². The van der Waals surface area contributed by atoms with Crippen LogP contribution in [0.3, 0.4) is 0 Å². The van der Waals surface area contributed by atoms with Gasteiger partial charge in [-0.25, -0.2) is 0 Å². The fourth-order valence-corrected chi connectivity index (χ4v) is 4.02. The minimum absolute atomic E-state index is 0.0538. The molecule has 130 valence electrons. The summed E-state index contributed by atoms with van der Waals surface area (Å²) in [6, 6.07) is 6.93. The molecule has 0 radical (unpaired) electrons. The molecule has 0 saturated carbocycles. The first-order valence-corrected chi connectivity index (χ1v) is 9.79. The number of carbonyl (C=O) groups is 1. The lowest BCUT2D eigenvalue weighted by atomic mass is 10.1. The topological polar surface area (TPSA) is 64.1 Å². The Morgan fingerprint density at radius 2 is 2.12 bits per heavy atom. The largest absolute Gasteiger partial charge is 0.382 e. The van der Waals surface area contributed by atoms with Crippen molar-refractivity contribution in [3.8, 4) is 0 Å². The molecule has 1 aromatic carbocycles. The van der Waals surface area contributed by atoms with Gasteiger partial charge in [0.15, 0.2) is 10.1 Å². The molecule has 0 spiro atoms. The summed E-state index contributed by atoms with van der Waals surface area (Å²) in [7, 11) is 0. The predicted octanol–water partition coefficient (Wildman–Crippen LogP) is 4.39. The first-order valence-electron chi connectivity index (χ1n) is 7.71. The summed E-state index contributed by atoms with van der Waals surface area (Å²) >= 11 is 8.72. The van der Waals surface area contributed by atoms with E-state index < -0.39 is 0 Å². The maximum absolute atomic E-state index is 12.4. The fourth-order valence-electron chi connectivity index (χ4n) is 1.90. The van der Waals surface area contributed by atoms with E-state index in [1.807, 2.05) is 13.8 Å². The predicted molar refractivity (Wildman–Crippen MR) is 101 cm³/mol. The van der Waals surface area contributed by atoms with Crippen LogP contribution in [0.4, 0.5) is 5.13 Å². The van der Waals surface area contributed by atoms with Crippen molar-refractivity contribution in [2.75, 3.05) is 25.1 Å². The van der Waals surface area contributed by atoms with Crippen LogP contribution in [0.1, 0.15) is 30.6 Å². The summed E-state index contributed by atoms with van der Waals surface area (Å²) in [6.45, 7) is 6.11. The first kappa shape index (κ1) is 19.2. The Kier molecular flexibility index (Phi) is 7.98. The summed E-state index contributed by atoms with van der Waals surface area (Å²) in [5, 5.41) is 12.6. The zero-order valence-electron chi connectivity index (χ0n) is 13.6. The van der Waals surface area contributed by atoms with Crippen LogP contribution in [0.15, 0.2) is 28.6 Å². The number of benzene rings is 1. The van der Waals surface area contributed by atoms with Crippen LogP contribution in [0.25, 0.3) is 0 Å². The fraction of sp³-hybridized carbons (Fsp3) is 0.438. The van der Waals surface area contributed by atoms with Crippen molar-refractivity contribution in [1.82, 2.24) is 10.2 Å². The Bertz CT molecular complexity index is 649. The van der Waals surface area contributed by atoms with E-state index in [4.69, 9.17) is 16.3 Å². The number of aromatic nitrogens is 2. The number of hydrogen-bond donors (Lipinski definition) is 1. The lowest BCUT2D eigenvalue weighted by molar-refractivity contribution is 0.0994. The highest BCUT2D eigenvalue weighted by Crippen LogP contribution is 2.30. The molecule has 1 unspecified atom stereocenters. The van der Waals surface area contributed by atoms with Crippen LogP contribution < -0.4 is 5.32 Å². The average molecular weight is 386 g/mol. The highest BCUT2D eigenvalue weighted by atomic mass is 35.5. The van der Waals surface area contributed by atoms with Crippen LogP contribution in [-0.2, 0) is 4.74 Å². The summed E-state index contributed by atoms with van der Waals surface area (Å²) < 4.78 is 6.06. The number of halogens is 1. The molecular weight excluding hydrogens is 366 g/mol. The van der Waals surface area contributed by atoms with E-state index in [9.17, 15) is 4.79 Å². The molecule has 2 aromatic rings. The van der Waals surface area contributed by atoms with Gasteiger partial charge in [-0.3, -0.25) is 4.79 Å². The monoisotopic (exact) mass is 385 g/mol. The Balaban J connectivity index is 1.82. The molecule has 8 heteroatoms. The number of nitrogens with one attached hydrogen (secondary N) is 1. The molecule has 0 aliphatic heterocycles. The highest BCUT2D eigenvalue weighted by molar-refractivity contribution is 8.02. The number of Topliss-reactive ketones (excluding diaryl/α,β-unsaturated/α-hetero) is 1. The van der Waals surface area contributed by atoms with Gasteiger partial charge >= 0.3 is 0 Å². The number of hydrogen-bond acceptors (Lipinski definition) is 7. The van der Waals surface area contributed by atoms with Gasteiger partial charge in [-0.1, -0.05) is 34.7 Å². The molecule has 0 bridgehead atoms. The van der Waals surface area contributed by atoms with Crippen LogP contribution in [-0.4, -0.2) is 41.0 Å². The molecule has 0 aliphatic rings. The van der Waals surface area contributed by atoms with Crippen molar-refractivity contribution in [2.45, 2.75) is 29.9 Å². The Morgan fingerprint density at radius 3 is 2.83 bits per heavy atom. The molecule has 24 heavy (non-hydrogen) atoms. The summed E-state index contributed by atoms with van der Waals surface area (Å²) in [5.74, 6) is 0.0538. The molecule has 1 N–H and O–H groups in total. The second-order valence-electron chi connectivity index (χ2n) is 4.98. The molecule has 5 nitrogen and oxygen atoms in total. The van der Waals surface area contributed by atoms with Gasteiger partial charge in [-0.2, -0.15) is 0 Å². The lowest BCUT2D eigenvalue weighted by Crippen LogP contribution is -2.13. The molecule has 0 saturated heterocycles. The molecule has 1 aromatic heterocycles. The maximum Gasteiger partial charge on any atom is 0.206 e. The van der Waals surface area contributed by atoms with Gasteiger partial charge in [0.25, 0.3) is 0 Å². The van der Waals surface area contributed by atoms with E-state index >= 15 is 0 Å². The number of ketones is 1. The van der Waals surface area contributed by atoms with Crippen LogP contribution in [0.5, 0.6) is 0 Å². The zero-order valence-corrected chi connectivity index (χ0v) is 16.0. The van der Waals surface area contributed by atoms with E-state index in [1.165, 1.54) is 23.1 Å². The van der Waals surface area contributed by atoms with Crippen molar-refractivity contribution >= 4 is 45.6 Å². The molecule has 0 amide bonds. The third-order valence-corrected chi connectivity index (χ3v) is 5.44. The van der Waals surface area contributed by atoms with Gasteiger partial charge in [-0.05, 0) is 44.5 Å². The van der Waals surface area contributed by atoms with E-state index in [0.717, 1.165) is 35.7 Å². The van der Waals surface area contributed by atoms with Crippen LogP contribution in [0.2, 0.25) is 5.02 Å². The minimum atomic E-state index is -0.232. The van der Waals surface area contributed by atoms with E-state index in [-0.39, 0.29) is 11.0 Å². The van der Waals surface area contributed by atoms with Crippen LogP contribution >= 0.6 is 34.7 Å². The molecule has 1 atom stereocenters.